The van der Waals surface area contributed by atoms with Crippen molar-refractivity contribution in [1.82, 2.24) is 4.72 Å². The van der Waals surface area contributed by atoms with Crippen molar-refractivity contribution < 1.29 is 18.0 Å². The Morgan fingerprint density at radius 1 is 1.07 bits per heavy atom. The van der Waals surface area contributed by atoms with E-state index in [2.05, 4.69) is 10.0 Å². The molecule has 1 fully saturated rings. The maximum Gasteiger partial charge on any atom is 0.248 e. The van der Waals surface area contributed by atoms with E-state index in [4.69, 9.17) is 0 Å². The molecule has 0 unspecified atom stereocenters. The van der Waals surface area contributed by atoms with E-state index in [1.165, 1.54) is 18.2 Å². The molecule has 2 aromatic carbocycles. The van der Waals surface area contributed by atoms with Crippen molar-refractivity contribution in [2.75, 3.05) is 16.8 Å². The summed E-state index contributed by atoms with van der Waals surface area (Å²) in [5.41, 5.74) is 2.19. The molecule has 7 nitrogen and oxygen atoms in total. The zero-order valence-corrected chi connectivity index (χ0v) is 17.8. The van der Waals surface area contributed by atoms with Crippen LogP contribution in [-0.4, -0.2) is 32.8 Å². The molecule has 158 valence electrons. The van der Waals surface area contributed by atoms with Gasteiger partial charge in [0.2, 0.25) is 21.8 Å². The van der Waals surface area contributed by atoms with Crippen LogP contribution < -0.4 is 14.9 Å². The van der Waals surface area contributed by atoms with Gasteiger partial charge in [0.25, 0.3) is 0 Å². The Balaban J connectivity index is 1.58. The highest BCUT2D eigenvalue weighted by molar-refractivity contribution is 7.89. The van der Waals surface area contributed by atoms with Gasteiger partial charge in [-0.1, -0.05) is 12.1 Å². The zero-order chi connectivity index (χ0) is 21.7. The largest absolute Gasteiger partial charge is 0.323 e. The van der Waals surface area contributed by atoms with Crippen LogP contribution in [0.25, 0.3) is 6.08 Å². The fourth-order valence-electron chi connectivity index (χ4n) is 3.14. The van der Waals surface area contributed by atoms with Crippen molar-refractivity contribution in [1.29, 1.82) is 0 Å². The highest BCUT2D eigenvalue weighted by atomic mass is 32.2. The number of sulfonamides is 1. The highest BCUT2D eigenvalue weighted by Gasteiger charge is 2.21. The maximum absolute atomic E-state index is 12.2. The summed E-state index contributed by atoms with van der Waals surface area (Å²) in [4.78, 5) is 25.8. The van der Waals surface area contributed by atoms with Crippen molar-refractivity contribution in [3.63, 3.8) is 0 Å². The molecule has 2 amide bonds. The van der Waals surface area contributed by atoms with E-state index in [0.717, 1.165) is 24.2 Å². The molecule has 0 saturated carbocycles. The van der Waals surface area contributed by atoms with Gasteiger partial charge in [-0.15, -0.1) is 0 Å². The lowest BCUT2D eigenvalue weighted by Crippen LogP contribution is -2.30. The Morgan fingerprint density at radius 2 is 1.73 bits per heavy atom. The van der Waals surface area contributed by atoms with Gasteiger partial charge >= 0.3 is 0 Å². The number of amides is 2. The normalized spacial score (nSPS) is 14.6. The first-order chi connectivity index (χ1) is 14.2. The molecule has 0 aliphatic carbocycles. The van der Waals surface area contributed by atoms with Gasteiger partial charge in [-0.05, 0) is 68.3 Å². The van der Waals surface area contributed by atoms with Gasteiger partial charge in [0.15, 0.2) is 0 Å². The van der Waals surface area contributed by atoms with E-state index >= 15 is 0 Å². The summed E-state index contributed by atoms with van der Waals surface area (Å²) in [6.07, 6.45) is 4.54. The third kappa shape index (κ3) is 5.55. The van der Waals surface area contributed by atoms with Crippen LogP contribution in [0, 0.1) is 0 Å². The first kappa shape index (κ1) is 21.7. The lowest BCUT2D eigenvalue weighted by molar-refractivity contribution is -0.117. The Kier molecular flexibility index (Phi) is 6.69. The summed E-state index contributed by atoms with van der Waals surface area (Å²) in [6, 6.07) is 13.2. The number of anilines is 2. The molecule has 0 radical (unpaired) electrons. The zero-order valence-electron chi connectivity index (χ0n) is 17.0. The molecule has 3 rings (SSSR count). The average molecular weight is 428 g/mol. The molecule has 8 heteroatoms. The molecule has 1 aliphatic heterocycles. The van der Waals surface area contributed by atoms with Gasteiger partial charge in [0.1, 0.15) is 0 Å². The fraction of sp³-hybridized carbons (Fsp3) is 0.273. The molecular formula is C22H25N3O4S. The summed E-state index contributed by atoms with van der Waals surface area (Å²) in [7, 11) is -3.57. The molecule has 0 aromatic heterocycles. The van der Waals surface area contributed by atoms with Gasteiger partial charge in [0.05, 0.1) is 4.90 Å². The molecule has 1 aliphatic rings. The summed E-state index contributed by atoms with van der Waals surface area (Å²) in [6.45, 7) is 4.24. The second-order valence-electron chi connectivity index (χ2n) is 7.36. The van der Waals surface area contributed by atoms with Crippen LogP contribution in [0.5, 0.6) is 0 Å². The lowest BCUT2D eigenvalue weighted by Gasteiger charge is -2.15. The summed E-state index contributed by atoms with van der Waals surface area (Å²) >= 11 is 0. The number of carbonyl (C=O) groups excluding carboxylic acids is 2. The smallest absolute Gasteiger partial charge is 0.248 e. The minimum absolute atomic E-state index is 0.136. The molecule has 0 atom stereocenters. The van der Waals surface area contributed by atoms with Crippen molar-refractivity contribution in [3.8, 4) is 0 Å². The third-order valence-corrected chi connectivity index (χ3v) is 6.20. The predicted octanol–water partition coefficient (Wildman–Crippen LogP) is 3.15. The van der Waals surface area contributed by atoms with E-state index in [1.807, 2.05) is 24.3 Å². The predicted molar refractivity (Wildman–Crippen MR) is 118 cm³/mol. The quantitative estimate of drug-likeness (QED) is 0.664. The second kappa shape index (κ2) is 9.23. The van der Waals surface area contributed by atoms with E-state index in [-0.39, 0.29) is 22.8 Å². The topological polar surface area (TPSA) is 95.6 Å². The van der Waals surface area contributed by atoms with Crippen LogP contribution in [0.3, 0.4) is 0 Å². The number of nitrogens with one attached hydrogen (secondary N) is 2. The molecule has 30 heavy (non-hydrogen) atoms. The number of nitrogens with zero attached hydrogens (tertiary/aromatic N) is 1. The van der Waals surface area contributed by atoms with E-state index in [9.17, 15) is 18.0 Å². The molecule has 0 bridgehead atoms. The van der Waals surface area contributed by atoms with Gasteiger partial charge < -0.3 is 10.2 Å². The van der Waals surface area contributed by atoms with E-state index in [1.54, 1.807) is 37.0 Å². The van der Waals surface area contributed by atoms with Gasteiger partial charge in [-0.2, -0.15) is 0 Å². The van der Waals surface area contributed by atoms with Crippen molar-refractivity contribution >= 4 is 39.3 Å². The van der Waals surface area contributed by atoms with Gasteiger partial charge in [0, 0.05) is 36.5 Å². The molecule has 1 heterocycles. The fourth-order valence-corrected chi connectivity index (χ4v) is 4.39. The first-order valence-corrected chi connectivity index (χ1v) is 11.2. The van der Waals surface area contributed by atoms with Crippen LogP contribution in [-0.2, 0) is 19.6 Å². The molecule has 2 aromatic rings. The van der Waals surface area contributed by atoms with Crippen LogP contribution in [0.2, 0.25) is 0 Å². The van der Waals surface area contributed by atoms with E-state index in [0.29, 0.717) is 12.1 Å². The van der Waals surface area contributed by atoms with Crippen molar-refractivity contribution in [2.24, 2.45) is 0 Å². The second-order valence-corrected chi connectivity index (χ2v) is 9.08. The Bertz CT molecular complexity index is 1040. The number of hydrogen-bond acceptors (Lipinski definition) is 4. The summed E-state index contributed by atoms with van der Waals surface area (Å²) < 4.78 is 26.8. The number of carbonyl (C=O) groups is 2. The highest BCUT2D eigenvalue weighted by Crippen LogP contribution is 2.22. The van der Waals surface area contributed by atoms with Crippen LogP contribution in [0.4, 0.5) is 11.4 Å². The summed E-state index contributed by atoms with van der Waals surface area (Å²) in [5.74, 6) is -0.193. The minimum atomic E-state index is -3.57. The van der Waals surface area contributed by atoms with Crippen molar-refractivity contribution in [3.05, 3.63) is 60.2 Å². The molecule has 0 spiro atoms. The van der Waals surface area contributed by atoms with Crippen LogP contribution in [0.1, 0.15) is 32.3 Å². The minimum Gasteiger partial charge on any atom is -0.323 e. The number of benzene rings is 2. The van der Waals surface area contributed by atoms with Crippen LogP contribution >= 0.6 is 0 Å². The SMILES string of the molecule is CC(C)NS(=O)(=O)c1ccc(NC(=O)/C=C/c2ccc(N3CCCC3=O)cc2)cc1. The number of hydrogen-bond donors (Lipinski definition) is 2. The number of rotatable bonds is 7. The average Bonchev–Trinajstić information content (AvgIpc) is 3.12. The Hall–Kier alpha value is -2.97. The molecule has 1 saturated heterocycles. The third-order valence-electron chi connectivity index (χ3n) is 4.53. The first-order valence-electron chi connectivity index (χ1n) is 9.76. The Morgan fingerprint density at radius 3 is 2.30 bits per heavy atom. The van der Waals surface area contributed by atoms with Crippen LogP contribution in [0.15, 0.2) is 59.5 Å². The molecule has 2 N–H and O–H groups in total. The van der Waals surface area contributed by atoms with Gasteiger partial charge in [-0.3, -0.25) is 9.59 Å². The summed E-state index contributed by atoms with van der Waals surface area (Å²) in [5, 5.41) is 2.70. The van der Waals surface area contributed by atoms with Gasteiger partial charge in [-0.25, -0.2) is 13.1 Å². The Labute approximate surface area is 176 Å². The van der Waals surface area contributed by atoms with Crippen molar-refractivity contribution in [2.45, 2.75) is 37.6 Å². The lowest BCUT2D eigenvalue weighted by atomic mass is 10.2. The maximum atomic E-state index is 12.2. The monoisotopic (exact) mass is 427 g/mol. The molecular weight excluding hydrogens is 402 g/mol. The van der Waals surface area contributed by atoms with E-state index < -0.39 is 10.0 Å². The standard InChI is InChI=1S/C22H25N3O4S/c1-16(2)24-30(28,29)20-12-8-18(9-13-20)23-21(26)14-7-17-5-10-19(11-6-17)25-15-3-4-22(25)27/h5-14,16,24H,3-4,15H2,1-2H3,(H,23,26)/b14-7+.